The minimum absolute atomic E-state index is 0.206. The van der Waals surface area contributed by atoms with Crippen LogP contribution in [0.25, 0.3) is 0 Å². The van der Waals surface area contributed by atoms with Crippen LogP contribution in [0.15, 0.2) is 53.3 Å². The van der Waals surface area contributed by atoms with Crippen molar-refractivity contribution in [3.63, 3.8) is 0 Å². The van der Waals surface area contributed by atoms with Gasteiger partial charge in [-0.3, -0.25) is 9.88 Å². The van der Waals surface area contributed by atoms with Crippen molar-refractivity contribution < 1.29 is 0 Å². The molecule has 4 heteroatoms. The number of hydrogen-bond acceptors (Lipinski definition) is 3. The van der Waals surface area contributed by atoms with Crippen LogP contribution in [0.3, 0.4) is 0 Å². The van der Waals surface area contributed by atoms with E-state index in [9.17, 15) is 0 Å². The molecule has 1 heterocycles. The van der Waals surface area contributed by atoms with E-state index >= 15 is 0 Å². The van der Waals surface area contributed by atoms with E-state index in [0.29, 0.717) is 6.54 Å². The monoisotopic (exact) mass is 319 g/mol. The standard InChI is InChI=1S/C15H18BrN3/c1-19(11-12-4-3-7-18-10-12)15(9-17)13-5-2-6-14(16)8-13/h2-8,10,15H,9,11,17H2,1H3. The second kappa shape index (κ2) is 6.80. The van der Waals surface area contributed by atoms with Crippen LogP contribution in [0.4, 0.5) is 0 Å². The van der Waals surface area contributed by atoms with E-state index < -0.39 is 0 Å². The second-order valence-electron chi connectivity index (χ2n) is 4.58. The highest BCUT2D eigenvalue weighted by Gasteiger charge is 2.15. The minimum atomic E-state index is 0.206. The highest BCUT2D eigenvalue weighted by Crippen LogP contribution is 2.23. The Labute approximate surface area is 122 Å². The van der Waals surface area contributed by atoms with Crippen LogP contribution in [0.2, 0.25) is 0 Å². The molecule has 0 saturated carbocycles. The summed E-state index contributed by atoms with van der Waals surface area (Å²) in [7, 11) is 2.09. The normalized spacial score (nSPS) is 12.6. The van der Waals surface area contributed by atoms with E-state index in [0.717, 1.165) is 11.0 Å². The number of likely N-dealkylation sites (N-methyl/N-ethyl adjacent to an activating group) is 1. The predicted molar refractivity (Wildman–Crippen MR) is 81.6 cm³/mol. The first-order chi connectivity index (χ1) is 9.20. The first-order valence-electron chi connectivity index (χ1n) is 6.25. The lowest BCUT2D eigenvalue weighted by Crippen LogP contribution is -2.30. The molecule has 0 aliphatic heterocycles. The Balaban J connectivity index is 2.13. The van der Waals surface area contributed by atoms with Gasteiger partial charge in [0.05, 0.1) is 0 Å². The van der Waals surface area contributed by atoms with E-state index in [1.165, 1.54) is 11.1 Å². The summed E-state index contributed by atoms with van der Waals surface area (Å²) in [5.74, 6) is 0. The number of nitrogens with two attached hydrogens (primary N) is 1. The maximum atomic E-state index is 5.94. The van der Waals surface area contributed by atoms with Crippen molar-refractivity contribution in [1.29, 1.82) is 0 Å². The van der Waals surface area contributed by atoms with Crippen LogP contribution in [0.5, 0.6) is 0 Å². The van der Waals surface area contributed by atoms with Gasteiger partial charge in [0.1, 0.15) is 0 Å². The van der Waals surface area contributed by atoms with Gasteiger partial charge in [0.2, 0.25) is 0 Å². The molecule has 100 valence electrons. The molecule has 1 atom stereocenters. The number of nitrogens with zero attached hydrogens (tertiary/aromatic N) is 2. The Morgan fingerprint density at radius 3 is 2.79 bits per heavy atom. The molecule has 2 rings (SSSR count). The van der Waals surface area contributed by atoms with E-state index in [-0.39, 0.29) is 6.04 Å². The molecule has 2 aromatic rings. The molecule has 0 radical (unpaired) electrons. The average molecular weight is 320 g/mol. The highest BCUT2D eigenvalue weighted by molar-refractivity contribution is 9.10. The lowest BCUT2D eigenvalue weighted by molar-refractivity contribution is 0.241. The first kappa shape index (κ1) is 14.2. The van der Waals surface area contributed by atoms with Crippen LogP contribution in [-0.4, -0.2) is 23.5 Å². The second-order valence-corrected chi connectivity index (χ2v) is 5.50. The zero-order chi connectivity index (χ0) is 13.7. The third-order valence-electron chi connectivity index (χ3n) is 3.14. The third kappa shape index (κ3) is 3.86. The zero-order valence-electron chi connectivity index (χ0n) is 11.0. The van der Waals surface area contributed by atoms with Crippen molar-refractivity contribution in [1.82, 2.24) is 9.88 Å². The predicted octanol–water partition coefficient (Wildman–Crippen LogP) is 2.98. The van der Waals surface area contributed by atoms with Crippen molar-refractivity contribution in [3.8, 4) is 0 Å². The fourth-order valence-electron chi connectivity index (χ4n) is 2.17. The summed E-state index contributed by atoms with van der Waals surface area (Å²) in [6.07, 6.45) is 3.68. The van der Waals surface area contributed by atoms with Gasteiger partial charge in [0.15, 0.2) is 0 Å². The van der Waals surface area contributed by atoms with Gasteiger partial charge in [-0.15, -0.1) is 0 Å². The van der Waals surface area contributed by atoms with Gasteiger partial charge in [-0.25, -0.2) is 0 Å². The van der Waals surface area contributed by atoms with Gasteiger partial charge in [-0.1, -0.05) is 34.1 Å². The van der Waals surface area contributed by atoms with E-state index in [1.807, 2.05) is 24.4 Å². The number of aromatic nitrogens is 1. The van der Waals surface area contributed by atoms with Crippen molar-refractivity contribution >= 4 is 15.9 Å². The molecule has 0 amide bonds. The molecule has 1 aromatic carbocycles. The van der Waals surface area contributed by atoms with Gasteiger partial charge >= 0.3 is 0 Å². The molecule has 0 saturated heterocycles. The Hall–Kier alpha value is -1.23. The lowest BCUT2D eigenvalue weighted by Gasteiger charge is -2.27. The molecule has 3 nitrogen and oxygen atoms in total. The largest absolute Gasteiger partial charge is 0.329 e. The summed E-state index contributed by atoms with van der Waals surface area (Å²) in [5.41, 5.74) is 8.36. The number of rotatable bonds is 5. The van der Waals surface area contributed by atoms with E-state index in [2.05, 4.69) is 51.1 Å². The van der Waals surface area contributed by atoms with Gasteiger partial charge < -0.3 is 5.73 Å². The van der Waals surface area contributed by atoms with Gasteiger partial charge in [-0.05, 0) is 36.4 Å². The fourth-order valence-corrected chi connectivity index (χ4v) is 2.59. The molecule has 0 fully saturated rings. The molecule has 0 bridgehead atoms. The molecule has 1 aromatic heterocycles. The van der Waals surface area contributed by atoms with Crippen LogP contribution in [-0.2, 0) is 6.54 Å². The van der Waals surface area contributed by atoms with Crippen LogP contribution < -0.4 is 5.73 Å². The summed E-state index contributed by atoms with van der Waals surface area (Å²) in [4.78, 5) is 6.39. The van der Waals surface area contributed by atoms with Crippen LogP contribution >= 0.6 is 15.9 Å². The molecule has 0 spiro atoms. The molecule has 0 aliphatic carbocycles. The van der Waals surface area contributed by atoms with E-state index in [4.69, 9.17) is 5.73 Å². The minimum Gasteiger partial charge on any atom is -0.329 e. The molecule has 19 heavy (non-hydrogen) atoms. The summed E-state index contributed by atoms with van der Waals surface area (Å²) >= 11 is 3.51. The SMILES string of the molecule is CN(Cc1cccnc1)C(CN)c1cccc(Br)c1. The smallest absolute Gasteiger partial charge is 0.0471 e. The summed E-state index contributed by atoms with van der Waals surface area (Å²) < 4.78 is 1.08. The lowest BCUT2D eigenvalue weighted by atomic mass is 10.1. The van der Waals surface area contributed by atoms with Crippen LogP contribution in [0, 0.1) is 0 Å². The summed E-state index contributed by atoms with van der Waals surface area (Å²) in [5, 5.41) is 0. The Morgan fingerprint density at radius 1 is 1.32 bits per heavy atom. The summed E-state index contributed by atoms with van der Waals surface area (Å²) in [6.45, 7) is 1.43. The third-order valence-corrected chi connectivity index (χ3v) is 3.64. The van der Waals surface area contributed by atoms with Gasteiger partial charge in [-0.2, -0.15) is 0 Å². The number of pyridine rings is 1. The molecule has 2 N–H and O–H groups in total. The fraction of sp³-hybridized carbons (Fsp3) is 0.267. The van der Waals surface area contributed by atoms with Crippen molar-refractivity contribution in [2.24, 2.45) is 5.73 Å². The first-order valence-corrected chi connectivity index (χ1v) is 7.04. The number of halogens is 1. The molecule has 1 unspecified atom stereocenters. The van der Waals surface area contributed by atoms with Crippen LogP contribution in [0.1, 0.15) is 17.2 Å². The number of benzene rings is 1. The maximum absolute atomic E-state index is 5.94. The number of hydrogen-bond donors (Lipinski definition) is 1. The Kier molecular flexibility index (Phi) is 5.07. The van der Waals surface area contributed by atoms with Crippen molar-refractivity contribution in [2.75, 3.05) is 13.6 Å². The molecule has 0 aliphatic rings. The van der Waals surface area contributed by atoms with E-state index in [1.54, 1.807) is 6.20 Å². The Morgan fingerprint density at radius 2 is 2.16 bits per heavy atom. The topological polar surface area (TPSA) is 42.2 Å². The summed E-state index contributed by atoms with van der Waals surface area (Å²) in [6, 6.07) is 12.5. The quantitative estimate of drug-likeness (QED) is 0.921. The Bertz CT molecular complexity index is 516. The zero-order valence-corrected chi connectivity index (χ0v) is 12.5. The van der Waals surface area contributed by atoms with Crippen molar-refractivity contribution in [3.05, 3.63) is 64.4 Å². The molecular formula is C15H18BrN3. The average Bonchev–Trinajstić information content (AvgIpc) is 2.41. The van der Waals surface area contributed by atoms with Crippen molar-refractivity contribution in [2.45, 2.75) is 12.6 Å². The molecular weight excluding hydrogens is 302 g/mol. The highest BCUT2D eigenvalue weighted by atomic mass is 79.9. The van der Waals surface area contributed by atoms with Gasteiger partial charge in [0.25, 0.3) is 0 Å². The maximum Gasteiger partial charge on any atom is 0.0471 e. The van der Waals surface area contributed by atoms with Gasteiger partial charge in [0, 0.05) is 36.0 Å².